The van der Waals surface area contributed by atoms with E-state index in [0.29, 0.717) is 11.5 Å². The van der Waals surface area contributed by atoms with Crippen molar-refractivity contribution in [1.29, 1.82) is 5.26 Å². The molecule has 0 spiro atoms. The van der Waals surface area contributed by atoms with E-state index in [4.69, 9.17) is 5.26 Å². The van der Waals surface area contributed by atoms with Gasteiger partial charge in [0.1, 0.15) is 11.8 Å². The first-order valence-corrected chi connectivity index (χ1v) is 6.00. The Morgan fingerprint density at radius 3 is 2.33 bits per heavy atom. The van der Waals surface area contributed by atoms with E-state index in [2.05, 4.69) is 35.1 Å². The van der Waals surface area contributed by atoms with Gasteiger partial charge in [-0.05, 0) is 25.8 Å². The van der Waals surface area contributed by atoms with Gasteiger partial charge in [0.2, 0.25) is 0 Å². The molecule has 0 atom stereocenters. The molecule has 1 aromatic carbocycles. The molecule has 18 heavy (non-hydrogen) atoms. The lowest BCUT2D eigenvalue weighted by molar-refractivity contribution is 1.05. The summed E-state index contributed by atoms with van der Waals surface area (Å²) in [5.74, 6) is 0.623. The molecule has 1 heterocycles. The highest BCUT2D eigenvalue weighted by Gasteiger charge is 2.08. The van der Waals surface area contributed by atoms with E-state index in [0.717, 1.165) is 23.2 Å². The first kappa shape index (κ1) is 12.3. The minimum Gasteiger partial charge on any atom is -0.233 e. The zero-order valence-corrected chi connectivity index (χ0v) is 10.9. The van der Waals surface area contributed by atoms with E-state index in [1.165, 1.54) is 5.56 Å². The highest BCUT2D eigenvalue weighted by Crippen LogP contribution is 2.19. The minimum absolute atomic E-state index is 0.456. The molecule has 0 bridgehead atoms. The summed E-state index contributed by atoms with van der Waals surface area (Å²) in [6.07, 6.45) is 1.01. The number of aromatic nitrogens is 2. The molecule has 0 saturated heterocycles. The average Bonchev–Trinajstić information content (AvgIpc) is 2.42. The van der Waals surface area contributed by atoms with Crippen LogP contribution in [0.15, 0.2) is 24.3 Å². The summed E-state index contributed by atoms with van der Waals surface area (Å²) in [6, 6.07) is 10.3. The summed E-state index contributed by atoms with van der Waals surface area (Å²) in [6.45, 7) is 5.90. The summed E-state index contributed by atoms with van der Waals surface area (Å²) in [4.78, 5) is 8.75. The molecule has 90 valence electrons. The van der Waals surface area contributed by atoms with Crippen LogP contribution in [0, 0.1) is 25.2 Å². The molecular formula is C15H15N3. The van der Waals surface area contributed by atoms with E-state index in [-0.39, 0.29) is 0 Å². The van der Waals surface area contributed by atoms with Gasteiger partial charge in [-0.25, -0.2) is 9.97 Å². The first-order valence-electron chi connectivity index (χ1n) is 6.00. The van der Waals surface area contributed by atoms with Crippen LogP contribution in [0.5, 0.6) is 0 Å². The molecule has 2 aromatic rings. The molecule has 0 aliphatic carbocycles. The number of nitrogens with zero attached hydrogens (tertiary/aromatic N) is 3. The monoisotopic (exact) mass is 237 g/mol. The number of hydrogen-bond acceptors (Lipinski definition) is 3. The van der Waals surface area contributed by atoms with E-state index >= 15 is 0 Å². The summed E-state index contributed by atoms with van der Waals surface area (Å²) in [5, 5.41) is 9.06. The fraction of sp³-hybridized carbons (Fsp3) is 0.267. The lowest BCUT2D eigenvalue weighted by Crippen LogP contribution is -1.99. The van der Waals surface area contributed by atoms with Crippen LogP contribution in [-0.4, -0.2) is 9.97 Å². The first-order chi connectivity index (χ1) is 8.65. The molecule has 1 aromatic heterocycles. The van der Waals surface area contributed by atoms with Crippen molar-refractivity contribution in [2.45, 2.75) is 27.2 Å². The Balaban J connectivity index is 2.50. The maximum Gasteiger partial charge on any atom is 0.160 e. The van der Waals surface area contributed by atoms with E-state index < -0.39 is 0 Å². The Labute approximate surface area is 107 Å². The van der Waals surface area contributed by atoms with Gasteiger partial charge in [0.15, 0.2) is 5.82 Å². The van der Waals surface area contributed by atoms with Crippen molar-refractivity contribution in [2.24, 2.45) is 0 Å². The number of aryl methyl sites for hydroxylation is 2. The third-order valence-electron chi connectivity index (χ3n) is 3.12. The number of benzene rings is 1. The maximum absolute atomic E-state index is 9.06. The summed E-state index contributed by atoms with van der Waals surface area (Å²) in [7, 11) is 0. The number of hydrogen-bond donors (Lipinski definition) is 0. The standard InChI is InChI=1S/C15H15N3/c1-4-12-5-7-13(8-6-12)15-17-11(3)10(2)14(9-16)18-15/h5-8H,4H2,1-3H3. The Bertz CT molecular complexity index is 607. The van der Waals surface area contributed by atoms with Crippen LogP contribution in [0.25, 0.3) is 11.4 Å². The molecular weight excluding hydrogens is 222 g/mol. The zero-order chi connectivity index (χ0) is 13.1. The van der Waals surface area contributed by atoms with Gasteiger partial charge in [-0.1, -0.05) is 31.2 Å². The zero-order valence-electron chi connectivity index (χ0n) is 10.9. The van der Waals surface area contributed by atoms with Crippen molar-refractivity contribution in [3.8, 4) is 17.5 Å². The maximum atomic E-state index is 9.06. The third-order valence-corrected chi connectivity index (χ3v) is 3.12. The lowest BCUT2D eigenvalue weighted by atomic mass is 10.1. The van der Waals surface area contributed by atoms with E-state index in [9.17, 15) is 0 Å². The molecule has 0 fully saturated rings. The van der Waals surface area contributed by atoms with Gasteiger partial charge in [0.25, 0.3) is 0 Å². The van der Waals surface area contributed by atoms with Gasteiger partial charge in [-0.2, -0.15) is 5.26 Å². The minimum atomic E-state index is 0.456. The van der Waals surface area contributed by atoms with Crippen molar-refractivity contribution in [3.05, 3.63) is 46.8 Å². The van der Waals surface area contributed by atoms with E-state index in [1.807, 2.05) is 26.0 Å². The number of rotatable bonds is 2. The van der Waals surface area contributed by atoms with Crippen LogP contribution in [0.1, 0.15) is 29.4 Å². The van der Waals surface area contributed by atoms with Crippen molar-refractivity contribution in [3.63, 3.8) is 0 Å². The van der Waals surface area contributed by atoms with Crippen LogP contribution in [-0.2, 0) is 6.42 Å². The largest absolute Gasteiger partial charge is 0.233 e. The summed E-state index contributed by atoms with van der Waals surface area (Å²) >= 11 is 0. The van der Waals surface area contributed by atoms with Crippen LogP contribution in [0.2, 0.25) is 0 Å². The highest BCUT2D eigenvalue weighted by atomic mass is 14.9. The molecule has 3 heteroatoms. The van der Waals surface area contributed by atoms with Crippen molar-refractivity contribution < 1.29 is 0 Å². The Hall–Kier alpha value is -2.21. The Morgan fingerprint density at radius 2 is 1.78 bits per heavy atom. The lowest BCUT2D eigenvalue weighted by Gasteiger charge is -2.06. The molecule has 0 aliphatic heterocycles. The fourth-order valence-electron chi connectivity index (χ4n) is 1.76. The van der Waals surface area contributed by atoms with Crippen LogP contribution < -0.4 is 0 Å². The second-order valence-corrected chi connectivity index (χ2v) is 4.27. The SMILES string of the molecule is CCc1ccc(-c2nc(C)c(C)c(C#N)n2)cc1. The molecule has 3 nitrogen and oxygen atoms in total. The van der Waals surface area contributed by atoms with Gasteiger partial charge in [0, 0.05) is 16.8 Å². The second-order valence-electron chi connectivity index (χ2n) is 4.27. The Kier molecular flexibility index (Phi) is 3.38. The quantitative estimate of drug-likeness (QED) is 0.806. The summed E-state index contributed by atoms with van der Waals surface area (Å²) in [5.41, 5.74) is 4.40. The molecule has 0 N–H and O–H groups in total. The molecule has 0 unspecified atom stereocenters. The van der Waals surface area contributed by atoms with Gasteiger partial charge in [-0.3, -0.25) is 0 Å². The summed E-state index contributed by atoms with van der Waals surface area (Å²) < 4.78 is 0. The van der Waals surface area contributed by atoms with Crippen LogP contribution in [0.3, 0.4) is 0 Å². The van der Waals surface area contributed by atoms with Crippen molar-refractivity contribution in [1.82, 2.24) is 9.97 Å². The fourth-order valence-corrected chi connectivity index (χ4v) is 1.76. The highest BCUT2D eigenvalue weighted by molar-refractivity contribution is 5.57. The third kappa shape index (κ3) is 2.23. The van der Waals surface area contributed by atoms with Crippen LogP contribution >= 0.6 is 0 Å². The predicted molar refractivity (Wildman–Crippen MR) is 71.0 cm³/mol. The number of nitriles is 1. The topological polar surface area (TPSA) is 49.6 Å². The van der Waals surface area contributed by atoms with Gasteiger partial charge in [0.05, 0.1) is 0 Å². The van der Waals surface area contributed by atoms with Gasteiger partial charge < -0.3 is 0 Å². The molecule has 0 aliphatic rings. The van der Waals surface area contributed by atoms with Gasteiger partial charge in [-0.15, -0.1) is 0 Å². The van der Waals surface area contributed by atoms with E-state index in [1.54, 1.807) is 0 Å². The van der Waals surface area contributed by atoms with Crippen molar-refractivity contribution in [2.75, 3.05) is 0 Å². The molecule has 0 saturated carbocycles. The molecule has 2 rings (SSSR count). The second kappa shape index (κ2) is 4.97. The normalized spacial score (nSPS) is 10.1. The van der Waals surface area contributed by atoms with Gasteiger partial charge >= 0.3 is 0 Å². The Morgan fingerprint density at radius 1 is 1.11 bits per heavy atom. The van der Waals surface area contributed by atoms with Crippen LogP contribution in [0.4, 0.5) is 0 Å². The molecule has 0 radical (unpaired) electrons. The predicted octanol–water partition coefficient (Wildman–Crippen LogP) is 3.19. The smallest absolute Gasteiger partial charge is 0.160 e. The van der Waals surface area contributed by atoms with Crippen molar-refractivity contribution >= 4 is 0 Å². The average molecular weight is 237 g/mol. The molecule has 0 amide bonds.